The Hall–Kier alpha value is -0.890. The van der Waals surface area contributed by atoms with Gasteiger partial charge in [-0.15, -0.1) is 0 Å². The lowest BCUT2D eigenvalue weighted by atomic mass is 10.1. The van der Waals surface area contributed by atoms with Gasteiger partial charge in [0, 0.05) is 6.54 Å². The third-order valence-corrected chi connectivity index (χ3v) is 1.46. The van der Waals surface area contributed by atoms with Crippen LogP contribution in [0.5, 0.6) is 0 Å². The van der Waals surface area contributed by atoms with E-state index in [1.807, 2.05) is 7.05 Å². The zero-order valence-electron chi connectivity index (χ0n) is 7.89. The molecule has 68 valence electrons. The summed E-state index contributed by atoms with van der Waals surface area (Å²) in [5.74, 6) is 0. The predicted octanol–water partition coefficient (Wildman–Crippen LogP) is 2.30. The van der Waals surface area contributed by atoms with Crippen molar-refractivity contribution in [2.24, 2.45) is 0 Å². The fourth-order valence-corrected chi connectivity index (χ4v) is 1.03. The maximum absolute atomic E-state index is 9.50. The Morgan fingerprint density at radius 3 is 2.50 bits per heavy atom. The highest BCUT2D eigenvalue weighted by molar-refractivity contribution is 5.21. The summed E-state index contributed by atoms with van der Waals surface area (Å²) in [5, 5.41) is 3.11. The molecule has 0 heterocycles. The molecule has 0 unspecified atom stereocenters. The second-order valence-electron chi connectivity index (χ2n) is 2.52. The minimum Gasteiger partial charge on any atom is -0.316 e. The molecule has 0 saturated carbocycles. The van der Waals surface area contributed by atoms with Gasteiger partial charge in [-0.05, 0) is 19.5 Å². The molecule has 1 aromatic rings. The molecule has 0 aliphatic heterocycles. The van der Waals surface area contributed by atoms with E-state index in [1.54, 1.807) is 0 Å². The summed E-state index contributed by atoms with van der Waals surface area (Å²) in [6, 6.07) is 8.52. The highest BCUT2D eigenvalue weighted by atomic mass is 19.1. The molecule has 2 heteroatoms. The van der Waals surface area contributed by atoms with Gasteiger partial charge in [-0.3, -0.25) is 4.39 Å². The molecule has 1 aromatic carbocycles. The van der Waals surface area contributed by atoms with Crippen LogP contribution < -0.4 is 5.32 Å². The van der Waals surface area contributed by atoms with Crippen LogP contribution >= 0.6 is 0 Å². The van der Waals surface area contributed by atoms with Gasteiger partial charge in [0.25, 0.3) is 0 Å². The van der Waals surface area contributed by atoms with Crippen LogP contribution in [0.25, 0.3) is 0 Å². The molecule has 0 amide bonds. The molecular formula is C10H16FN. The molecule has 12 heavy (non-hydrogen) atoms. The van der Waals surface area contributed by atoms with E-state index < -0.39 is 0 Å². The smallest absolute Gasteiger partial charge is 0.0785 e. The van der Waals surface area contributed by atoms with Crippen LogP contribution in [0.15, 0.2) is 24.3 Å². The standard InChI is InChI=1S/C9H13N.CH3F/c1-8-4-3-5-9(6-8)7-10-2;1-2/h3-6,10H,7H2,1-2H3;1H3. The molecule has 0 spiro atoms. The van der Waals surface area contributed by atoms with Crippen molar-refractivity contribution in [1.29, 1.82) is 0 Å². The van der Waals surface area contributed by atoms with Gasteiger partial charge in [-0.2, -0.15) is 0 Å². The van der Waals surface area contributed by atoms with E-state index in [9.17, 15) is 4.39 Å². The van der Waals surface area contributed by atoms with Crippen molar-refractivity contribution in [3.63, 3.8) is 0 Å². The van der Waals surface area contributed by atoms with Crippen molar-refractivity contribution in [2.45, 2.75) is 13.5 Å². The van der Waals surface area contributed by atoms with Crippen molar-refractivity contribution in [1.82, 2.24) is 5.32 Å². The molecule has 0 aliphatic rings. The molecular weight excluding hydrogens is 153 g/mol. The van der Waals surface area contributed by atoms with Gasteiger partial charge >= 0.3 is 0 Å². The topological polar surface area (TPSA) is 12.0 Å². The first-order valence-electron chi connectivity index (χ1n) is 3.91. The summed E-state index contributed by atoms with van der Waals surface area (Å²) in [7, 11) is 2.46. The van der Waals surface area contributed by atoms with Crippen molar-refractivity contribution in [3.05, 3.63) is 35.4 Å². The lowest BCUT2D eigenvalue weighted by Crippen LogP contribution is -2.04. The fourth-order valence-electron chi connectivity index (χ4n) is 1.03. The minimum atomic E-state index is 0.500. The molecule has 1 rings (SSSR count). The number of halogens is 1. The van der Waals surface area contributed by atoms with Crippen molar-refractivity contribution < 1.29 is 4.39 Å². The van der Waals surface area contributed by atoms with Crippen molar-refractivity contribution >= 4 is 0 Å². The molecule has 0 bridgehead atoms. The molecule has 0 atom stereocenters. The number of alkyl halides is 1. The summed E-state index contributed by atoms with van der Waals surface area (Å²) >= 11 is 0. The number of benzene rings is 1. The maximum atomic E-state index is 9.50. The van der Waals surface area contributed by atoms with Crippen LogP contribution in [0, 0.1) is 6.92 Å². The quantitative estimate of drug-likeness (QED) is 0.716. The summed E-state index contributed by atoms with van der Waals surface area (Å²) in [4.78, 5) is 0. The van der Waals surface area contributed by atoms with Crippen molar-refractivity contribution in [2.75, 3.05) is 14.2 Å². The van der Waals surface area contributed by atoms with Crippen LogP contribution in [0.1, 0.15) is 11.1 Å². The van der Waals surface area contributed by atoms with E-state index >= 15 is 0 Å². The Labute approximate surface area is 73.6 Å². The fraction of sp³-hybridized carbons (Fsp3) is 0.400. The van der Waals surface area contributed by atoms with Gasteiger partial charge < -0.3 is 5.32 Å². The van der Waals surface area contributed by atoms with Gasteiger partial charge in [0.15, 0.2) is 0 Å². The van der Waals surface area contributed by atoms with E-state index in [-0.39, 0.29) is 0 Å². The summed E-state index contributed by atoms with van der Waals surface area (Å²) in [6.45, 7) is 3.07. The Balaban J connectivity index is 0.000000561. The number of hydrogen-bond donors (Lipinski definition) is 1. The van der Waals surface area contributed by atoms with Crippen LogP contribution in [-0.4, -0.2) is 14.2 Å². The van der Waals surface area contributed by atoms with Crippen molar-refractivity contribution in [3.8, 4) is 0 Å². The van der Waals surface area contributed by atoms with Crippen LogP contribution in [0.4, 0.5) is 4.39 Å². The molecule has 0 saturated heterocycles. The molecule has 0 radical (unpaired) electrons. The normalized spacial score (nSPS) is 8.67. The highest BCUT2D eigenvalue weighted by Gasteiger charge is 1.88. The van der Waals surface area contributed by atoms with E-state index in [0.717, 1.165) is 6.54 Å². The van der Waals surface area contributed by atoms with E-state index in [0.29, 0.717) is 7.18 Å². The molecule has 0 aliphatic carbocycles. The summed E-state index contributed by atoms with van der Waals surface area (Å²) < 4.78 is 9.50. The monoisotopic (exact) mass is 169 g/mol. The second kappa shape index (κ2) is 6.80. The van der Waals surface area contributed by atoms with Gasteiger partial charge in [0.1, 0.15) is 0 Å². The number of rotatable bonds is 2. The first-order valence-corrected chi connectivity index (χ1v) is 3.91. The number of aryl methyl sites for hydroxylation is 1. The number of nitrogens with one attached hydrogen (secondary N) is 1. The Morgan fingerprint density at radius 2 is 2.00 bits per heavy atom. The van der Waals surface area contributed by atoms with Gasteiger partial charge in [0.05, 0.1) is 7.18 Å². The van der Waals surface area contributed by atoms with Crippen LogP contribution in [0.2, 0.25) is 0 Å². The average Bonchev–Trinajstić information content (AvgIpc) is 2.09. The third-order valence-electron chi connectivity index (χ3n) is 1.46. The Kier molecular flexibility index (Phi) is 6.29. The van der Waals surface area contributed by atoms with Gasteiger partial charge in [-0.1, -0.05) is 29.8 Å². The van der Waals surface area contributed by atoms with E-state index in [1.165, 1.54) is 11.1 Å². The van der Waals surface area contributed by atoms with Gasteiger partial charge in [-0.25, -0.2) is 0 Å². The lowest BCUT2D eigenvalue weighted by Gasteiger charge is -1.99. The zero-order valence-corrected chi connectivity index (χ0v) is 7.89. The summed E-state index contributed by atoms with van der Waals surface area (Å²) in [6.07, 6.45) is 0. The molecule has 1 N–H and O–H groups in total. The molecule has 0 aromatic heterocycles. The Bertz CT molecular complexity index is 211. The average molecular weight is 169 g/mol. The van der Waals surface area contributed by atoms with Crippen LogP contribution in [-0.2, 0) is 6.54 Å². The largest absolute Gasteiger partial charge is 0.316 e. The van der Waals surface area contributed by atoms with E-state index in [4.69, 9.17) is 0 Å². The van der Waals surface area contributed by atoms with Crippen LogP contribution in [0.3, 0.4) is 0 Å². The molecule has 1 nitrogen and oxygen atoms in total. The predicted molar refractivity (Wildman–Crippen MR) is 51.0 cm³/mol. The van der Waals surface area contributed by atoms with Gasteiger partial charge in [0.2, 0.25) is 0 Å². The third kappa shape index (κ3) is 4.09. The lowest BCUT2D eigenvalue weighted by molar-refractivity contribution is 0.636. The van der Waals surface area contributed by atoms with E-state index in [2.05, 4.69) is 36.5 Å². The first-order chi connectivity index (χ1) is 5.83. The first kappa shape index (κ1) is 11.1. The Morgan fingerprint density at radius 1 is 1.33 bits per heavy atom. The highest BCUT2D eigenvalue weighted by Crippen LogP contribution is 2.02. The minimum absolute atomic E-state index is 0.500. The SMILES string of the molecule is CF.CNCc1cccc(C)c1. The zero-order chi connectivity index (χ0) is 9.40. The number of hydrogen-bond acceptors (Lipinski definition) is 1. The molecule has 0 fully saturated rings. The second-order valence-corrected chi connectivity index (χ2v) is 2.52. The summed E-state index contributed by atoms with van der Waals surface area (Å²) in [5.41, 5.74) is 2.68. The maximum Gasteiger partial charge on any atom is 0.0785 e.